The standard InChI is InChI=1S/C24H25N3O6/c1-23(21(31)26-22(32)27-23)18(28)16-8-4-14(5-9-16)15-6-10-17(11-7-15)19(29)33-24(20(25)30)12-2-3-13-24/h4-11,18,28H,2-3,12-13H2,1H3,(H2,25,30)(H2,26,27,31,32). The summed E-state index contributed by atoms with van der Waals surface area (Å²) in [7, 11) is 0. The van der Waals surface area contributed by atoms with Crippen LogP contribution in [-0.4, -0.2) is 40.1 Å². The summed E-state index contributed by atoms with van der Waals surface area (Å²) >= 11 is 0. The van der Waals surface area contributed by atoms with E-state index in [-0.39, 0.29) is 0 Å². The second kappa shape index (κ2) is 8.32. The van der Waals surface area contributed by atoms with E-state index in [1.165, 1.54) is 6.92 Å². The van der Waals surface area contributed by atoms with Gasteiger partial charge in [0.05, 0.1) is 5.56 Å². The number of nitrogens with one attached hydrogen (secondary N) is 2. The van der Waals surface area contributed by atoms with Crippen LogP contribution in [0.2, 0.25) is 0 Å². The summed E-state index contributed by atoms with van der Waals surface area (Å²) in [6, 6.07) is 13.0. The van der Waals surface area contributed by atoms with Crippen LogP contribution in [-0.2, 0) is 14.3 Å². The average molecular weight is 451 g/mol. The molecule has 2 aliphatic rings. The Morgan fingerprint density at radius 3 is 2.03 bits per heavy atom. The zero-order valence-corrected chi connectivity index (χ0v) is 18.1. The molecule has 33 heavy (non-hydrogen) atoms. The van der Waals surface area contributed by atoms with E-state index in [9.17, 15) is 24.3 Å². The lowest BCUT2D eigenvalue weighted by atomic mass is 9.88. The molecule has 1 saturated carbocycles. The van der Waals surface area contributed by atoms with Crippen LogP contribution < -0.4 is 16.4 Å². The lowest BCUT2D eigenvalue weighted by Gasteiger charge is -2.27. The first-order valence-electron chi connectivity index (χ1n) is 10.7. The number of carbonyl (C=O) groups excluding carboxylic acids is 4. The molecule has 9 nitrogen and oxygen atoms in total. The predicted octanol–water partition coefficient (Wildman–Crippen LogP) is 1.94. The molecule has 2 fully saturated rings. The van der Waals surface area contributed by atoms with Crippen LogP contribution in [0.4, 0.5) is 4.79 Å². The van der Waals surface area contributed by atoms with Crippen LogP contribution in [0.5, 0.6) is 0 Å². The van der Waals surface area contributed by atoms with Crippen molar-refractivity contribution in [1.82, 2.24) is 10.6 Å². The van der Waals surface area contributed by atoms with Gasteiger partial charge in [-0.2, -0.15) is 0 Å². The number of ether oxygens (including phenoxy) is 1. The topological polar surface area (TPSA) is 148 Å². The molecule has 0 aromatic heterocycles. The van der Waals surface area contributed by atoms with E-state index in [2.05, 4.69) is 10.6 Å². The third kappa shape index (κ3) is 4.07. The van der Waals surface area contributed by atoms with Gasteiger partial charge in [-0.15, -0.1) is 0 Å². The third-order valence-corrected chi connectivity index (χ3v) is 6.45. The number of esters is 1. The molecule has 9 heteroatoms. The first-order valence-corrected chi connectivity index (χ1v) is 10.7. The van der Waals surface area contributed by atoms with Gasteiger partial charge in [0.2, 0.25) is 0 Å². The highest BCUT2D eigenvalue weighted by Gasteiger charge is 2.48. The highest BCUT2D eigenvalue weighted by Crippen LogP contribution is 2.34. The van der Waals surface area contributed by atoms with Gasteiger partial charge in [0, 0.05) is 0 Å². The van der Waals surface area contributed by atoms with Gasteiger partial charge in [0.25, 0.3) is 11.8 Å². The Morgan fingerprint density at radius 2 is 1.55 bits per heavy atom. The molecule has 4 amide bonds. The first-order chi connectivity index (χ1) is 15.6. The quantitative estimate of drug-likeness (QED) is 0.390. The van der Waals surface area contributed by atoms with Gasteiger partial charge in [0.15, 0.2) is 5.60 Å². The number of nitrogens with two attached hydrogens (primary N) is 1. The minimum absolute atomic E-state index is 0.314. The molecular formula is C24H25N3O6. The van der Waals surface area contributed by atoms with Crippen molar-refractivity contribution in [1.29, 1.82) is 0 Å². The predicted molar refractivity (Wildman–Crippen MR) is 118 cm³/mol. The van der Waals surface area contributed by atoms with E-state index >= 15 is 0 Å². The molecule has 2 aromatic rings. The summed E-state index contributed by atoms with van der Waals surface area (Å²) in [4.78, 5) is 47.9. The van der Waals surface area contributed by atoms with Gasteiger partial charge in [-0.3, -0.25) is 14.9 Å². The maximum Gasteiger partial charge on any atom is 0.339 e. The molecule has 1 saturated heterocycles. The maximum absolute atomic E-state index is 12.6. The van der Waals surface area contributed by atoms with E-state index in [1.807, 2.05) is 0 Å². The van der Waals surface area contributed by atoms with Gasteiger partial charge in [0.1, 0.15) is 11.6 Å². The van der Waals surface area contributed by atoms with Gasteiger partial charge in [-0.05, 0) is 61.4 Å². The van der Waals surface area contributed by atoms with Crippen LogP contribution in [0.15, 0.2) is 48.5 Å². The van der Waals surface area contributed by atoms with E-state index in [4.69, 9.17) is 10.5 Å². The lowest BCUT2D eigenvalue weighted by Crippen LogP contribution is -2.49. The zero-order chi connectivity index (χ0) is 23.8. The number of carbonyl (C=O) groups is 4. The fourth-order valence-electron chi connectivity index (χ4n) is 4.32. The van der Waals surface area contributed by atoms with E-state index < -0.39 is 41.1 Å². The van der Waals surface area contributed by atoms with Crippen LogP contribution >= 0.6 is 0 Å². The Kier molecular flexibility index (Phi) is 5.67. The fourth-order valence-corrected chi connectivity index (χ4v) is 4.32. The number of primary amides is 1. The number of benzene rings is 2. The number of amides is 4. The summed E-state index contributed by atoms with van der Waals surface area (Å²) < 4.78 is 5.50. The Balaban J connectivity index is 1.47. The molecule has 2 atom stereocenters. The molecule has 1 aliphatic heterocycles. The second-order valence-electron chi connectivity index (χ2n) is 8.67. The Labute approximate surface area is 190 Å². The highest BCUT2D eigenvalue weighted by atomic mass is 16.6. The molecule has 0 radical (unpaired) electrons. The minimum Gasteiger partial charge on any atom is -0.445 e. The monoisotopic (exact) mass is 451 g/mol. The summed E-state index contributed by atoms with van der Waals surface area (Å²) in [5, 5.41) is 15.2. The molecule has 2 unspecified atom stereocenters. The van der Waals surface area contributed by atoms with Gasteiger partial charge >= 0.3 is 12.0 Å². The smallest absolute Gasteiger partial charge is 0.339 e. The fraction of sp³-hybridized carbons (Fsp3) is 0.333. The van der Waals surface area contributed by atoms with Gasteiger partial charge in [-0.1, -0.05) is 36.4 Å². The van der Waals surface area contributed by atoms with Gasteiger partial charge < -0.3 is 20.9 Å². The molecule has 0 bridgehead atoms. The number of hydrogen-bond donors (Lipinski definition) is 4. The molecule has 1 heterocycles. The zero-order valence-electron chi connectivity index (χ0n) is 18.1. The lowest BCUT2D eigenvalue weighted by molar-refractivity contribution is -0.136. The molecule has 4 rings (SSSR count). The normalized spacial score (nSPS) is 22.4. The Bertz CT molecular complexity index is 1110. The Hall–Kier alpha value is -3.72. The van der Waals surface area contributed by atoms with Crippen molar-refractivity contribution in [3.05, 3.63) is 59.7 Å². The van der Waals surface area contributed by atoms with Crippen LogP contribution in [0.3, 0.4) is 0 Å². The maximum atomic E-state index is 12.6. The van der Waals surface area contributed by atoms with E-state index in [1.54, 1.807) is 48.5 Å². The third-order valence-electron chi connectivity index (χ3n) is 6.45. The molecule has 2 aromatic carbocycles. The first kappa shape index (κ1) is 22.5. The molecule has 172 valence electrons. The van der Waals surface area contributed by atoms with Crippen LogP contribution in [0.1, 0.15) is 54.6 Å². The van der Waals surface area contributed by atoms with Crippen molar-refractivity contribution in [2.24, 2.45) is 5.73 Å². The molecule has 0 spiro atoms. The summed E-state index contributed by atoms with van der Waals surface area (Å²) in [6.07, 6.45) is 1.22. The molecule has 5 N–H and O–H groups in total. The number of imide groups is 1. The number of aliphatic hydroxyl groups excluding tert-OH is 1. The van der Waals surface area contributed by atoms with Crippen LogP contribution in [0.25, 0.3) is 11.1 Å². The minimum atomic E-state index is -1.46. The average Bonchev–Trinajstić information content (AvgIpc) is 3.38. The second-order valence-corrected chi connectivity index (χ2v) is 8.67. The SMILES string of the molecule is CC1(C(O)c2ccc(-c3ccc(C(=O)OC4(C(N)=O)CCCC4)cc3)cc2)NC(=O)NC1=O. The Morgan fingerprint density at radius 1 is 1.00 bits per heavy atom. The van der Waals surface area contributed by atoms with Crippen molar-refractivity contribution in [3.8, 4) is 11.1 Å². The molecule has 1 aliphatic carbocycles. The van der Waals surface area contributed by atoms with Crippen molar-refractivity contribution < 1.29 is 29.0 Å². The largest absolute Gasteiger partial charge is 0.445 e. The summed E-state index contributed by atoms with van der Waals surface area (Å²) in [6.45, 7) is 1.46. The van der Waals surface area contributed by atoms with Crippen molar-refractivity contribution >= 4 is 23.8 Å². The number of rotatable bonds is 6. The number of urea groups is 1. The number of aliphatic hydroxyl groups is 1. The van der Waals surface area contributed by atoms with Crippen molar-refractivity contribution in [3.63, 3.8) is 0 Å². The molecular weight excluding hydrogens is 426 g/mol. The van der Waals surface area contributed by atoms with Crippen molar-refractivity contribution in [2.45, 2.75) is 49.9 Å². The number of hydrogen-bond acceptors (Lipinski definition) is 6. The van der Waals surface area contributed by atoms with Crippen LogP contribution in [0, 0.1) is 0 Å². The highest BCUT2D eigenvalue weighted by molar-refractivity contribution is 6.07. The van der Waals surface area contributed by atoms with Gasteiger partial charge in [-0.25, -0.2) is 9.59 Å². The van der Waals surface area contributed by atoms with E-state index in [0.29, 0.717) is 24.0 Å². The summed E-state index contributed by atoms with van der Waals surface area (Å²) in [5.74, 6) is -1.80. The summed E-state index contributed by atoms with van der Waals surface area (Å²) in [5.41, 5.74) is 5.21. The van der Waals surface area contributed by atoms with Crippen molar-refractivity contribution in [2.75, 3.05) is 0 Å². The van der Waals surface area contributed by atoms with E-state index in [0.717, 1.165) is 24.0 Å².